The molecule has 6 nitrogen and oxygen atoms in total. The summed E-state index contributed by atoms with van der Waals surface area (Å²) in [6, 6.07) is 13.9. The second kappa shape index (κ2) is 8.63. The minimum atomic E-state index is -0.656. The molecule has 0 aliphatic heterocycles. The molecule has 0 bridgehead atoms. The van der Waals surface area contributed by atoms with E-state index in [1.165, 1.54) is 6.92 Å². The van der Waals surface area contributed by atoms with Crippen molar-refractivity contribution in [3.8, 4) is 5.75 Å². The maximum Gasteiger partial charge on any atom is 0.344 e. The van der Waals surface area contributed by atoms with Crippen LogP contribution >= 0.6 is 0 Å². The Bertz CT molecular complexity index is 785. The van der Waals surface area contributed by atoms with Gasteiger partial charge in [-0.1, -0.05) is 24.3 Å². The Hall–Kier alpha value is -3.15. The van der Waals surface area contributed by atoms with E-state index in [0.29, 0.717) is 17.0 Å². The molecule has 130 valence electrons. The summed E-state index contributed by atoms with van der Waals surface area (Å²) in [5.74, 6) is -0.801. The molecule has 1 amide bonds. The molecule has 0 unspecified atom stereocenters. The van der Waals surface area contributed by atoms with E-state index in [9.17, 15) is 14.4 Å². The van der Waals surface area contributed by atoms with Crippen LogP contribution in [0.2, 0.25) is 0 Å². The molecule has 0 atom stereocenters. The number of carbonyl (C=O) groups excluding carboxylic acids is 3. The van der Waals surface area contributed by atoms with Gasteiger partial charge in [-0.2, -0.15) is 0 Å². The van der Waals surface area contributed by atoms with Crippen molar-refractivity contribution in [2.24, 2.45) is 0 Å². The first-order valence-corrected chi connectivity index (χ1v) is 7.70. The first kappa shape index (κ1) is 18.2. The van der Waals surface area contributed by atoms with E-state index in [0.717, 1.165) is 5.56 Å². The lowest BCUT2D eigenvalue weighted by Crippen LogP contribution is -2.24. The number of nitrogens with one attached hydrogen (secondary N) is 1. The summed E-state index contributed by atoms with van der Waals surface area (Å²) < 4.78 is 10.2. The Morgan fingerprint density at radius 2 is 1.76 bits per heavy atom. The van der Waals surface area contributed by atoms with E-state index < -0.39 is 18.5 Å². The quantitative estimate of drug-likeness (QED) is 0.618. The highest BCUT2D eigenvalue weighted by molar-refractivity contribution is 6.04. The third kappa shape index (κ3) is 5.76. The number of para-hydroxylation sites is 1. The van der Waals surface area contributed by atoms with Gasteiger partial charge in [-0.25, -0.2) is 4.79 Å². The molecule has 2 rings (SSSR count). The van der Waals surface area contributed by atoms with Gasteiger partial charge in [-0.05, 0) is 43.7 Å². The first-order valence-electron chi connectivity index (χ1n) is 7.70. The van der Waals surface area contributed by atoms with Gasteiger partial charge in [0.25, 0.3) is 5.91 Å². The lowest BCUT2D eigenvalue weighted by Gasteiger charge is -2.10. The molecular formula is C19H19NO5. The molecule has 0 spiro atoms. The third-order valence-electron chi connectivity index (χ3n) is 3.29. The maximum absolute atomic E-state index is 11.9. The average Bonchev–Trinajstić information content (AvgIpc) is 2.58. The molecule has 0 aliphatic carbocycles. The normalized spacial score (nSPS) is 10.0. The second-order valence-electron chi connectivity index (χ2n) is 5.42. The number of rotatable bonds is 7. The summed E-state index contributed by atoms with van der Waals surface area (Å²) in [5, 5.41) is 2.55. The standard InChI is InChI=1S/C19H19NO5/c1-13-6-5-7-15(10-13)24-12-19(23)25-11-18(22)20-17-9-4-3-8-16(17)14(2)21/h3-10H,11-12H2,1-2H3,(H,20,22). The molecule has 1 N–H and O–H groups in total. The summed E-state index contributed by atoms with van der Waals surface area (Å²) in [6.45, 7) is 2.57. The van der Waals surface area contributed by atoms with Gasteiger partial charge in [0.2, 0.25) is 0 Å². The molecule has 0 saturated carbocycles. The highest BCUT2D eigenvalue weighted by atomic mass is 16.6. The zero-order chi connectivity index (χ0) is 18.2. The van der Waals surface area contributed by atoms with E-state index in [1.807, 2.05) is 19.1 Å². The summed E-state index contributed by atoms with van der Waals surface area (Å²) in [5.41, 5.74) is 1.78. The smallest absolute Gasteiger partial charge is 0.344 e. The van der Waals surface area contributed by atoms with Crippen molar-refractivity contribution >= 4 is 23.3 Å². The van der Waals surface area contributed by atoms with Crippen LogP contribution in [0.3, 0.4) is 0 Å². The Labute approximate surface area is 145 Å². The molecular weight excluding hydrogens is 322 g/mol. The fourth-order valence-corrected chi connectivity index (χ4v) is 2.12. The molecule has 0 radical (unpaired) electrons. The highest BCUT2D eigenvalue weighted by Gasteiger charge is 2.12. The second-order valence-corrected chi connectivity index (χ2v) is 5.42. The van der Waals surface area contributed by atoms with Crippen molar-refractivity contribution in [1.82, 2.24) is 0 Å². The molecule has 2 aromatic carbocycles. The van der Waals surface area contributed by atoms with E-state index in [-0.39, 0.29) is 12.4 Å². The first-order chi connectivity index (χ1) is 12.0. The van der Waals surface area contributed by atoms with Crippen molar-refractivity contribution in [3.63, 3.8) is 0 Å². The van der Waals surface area contributed by atoms with E-state index in [1.54, 1.807) is 36.4 Å². The Morgan fingerprint density at radius 1 is 1.00 bits per heavy atom. The average molecular weight is 341 g/mol. The zero-order valence-corrected chi connectivity index (χ0v) is 14.1. The summed E-state index contributed by atoms with van der Waals surface area (Å²) in [4.78, 5) is 35.0. The number of benzene rings is 2. The van der Waals surface area contributed by atoms with Gasteiger partial charge in [0.15, 0.2) is 19.0 Å². The molecule has 25 heavy (non-hydrogen) atoms. The van der Waals surface area contributed by atoms with Crippen LogP contribution in [-0.4, -0.2) is 30.9 Å². The van der Waals surface area contributed by atoms with Crippen molar-refractivity contribution < 1.29 is 23.9 Å². The molecule has 0 aromatic heterocycles. The zero-order valence-electron chi connectivity index (χ0n) is 14.1. The minimum absolute atomic E-state index is 0.167. The van der Waals surface area contributed by atoms with Crippen molar-refractivity contribution in [2.75, 3.05) is 18.5 Å². The predicted molar refractivity (Wildman–Crippen MR) is 92.7 cm³/mol. The fraction of sp³-hybridized carbons (Fsp3) is 0.211. The van der Waals surface area contributed by atoms with Gasteiger partial charge in [-0.15, -0.1) is 0 Å². The van der Waals surface area contributed by atoms with Crippen LogP contribution < -0.4 is 10.1 Å². The third-order valence-corrected chi connectivity index (χ3v) is 3.29. The van der Waals surface area contributed by atoms with E-state index in [2.05, 4.69) is 5.32 Å². The lowest BCUT2D eigenvalue weighted by molar-refractivity contribution is -0.149. The number of hydrogen-bond donors (Lipinski definition) is 1. The monoisotopic (exact) mass is 341 g/mol. The number of anilines is 1. The maximum atomic E-state index is 11.9. The van der Waals surface area contributed by atoms with Gasteiger partial charge in [0.1, 0.15) is 5.75 Å². The largest absolute Gasteiger partial charge is 0.482 e. The van der Waals surface area contributed by atoms with Crippen molar-refractivity contribution in [1.29, 1.82) is 0 Å². The number of ether oxygens (including phenoxy) is 2. The minimum Gasteiger partial charge on any atom is -0.482 e. The van der Waals surface area contributed by atoms with Crippen LogP contribution in [-0.2, 0) is 14.3 Å². The van der Waals surface area contributed by atoms with Crippen molar-refractivity contribution in [2.45, 2.75) is 13.8 Å². The summed E-state index contributed by atoms with van der Waals surface area (Å²) in [7, 11) is 0. The number of hydrogen-bond acceptors (Lipinski definition) is 5. The molecule has 6 heteroatoms. The number of esters is 1. The highest BCUT2D eigenvalue weighted by Crippen LogP contribution is 2.15. The number of carbonyl (C=O) groups is 3. The van der Waals surface area contributed by atoms with E-state index >= 15 is 0 Å². The SMILES string of the molecule is CC(=O)c1ccccc1NC(=O)COC(=O)COc1cccc(C)c1. The van der Waals surface area contributed by atoms with Gasteiger partial charge in [-0.3, -0.25) is 9.59 Å². The van der Waals surface area contributed by atoms with Crippen LogP contribution in [0.25, 0.3) is 0 Å². The molecule has 0 heterocycles. The van der Waals surface area contributed by atoms with E-state index in [4.69, 9.17) is 9.47 Å². The molecule has 0 fully saturated rings. The van der Waals surface area contributed by atoms with Gasteiger partial charge in [0.05, 0.1) is 5.69 Å². The Balaban J connectivity index is 1.80. The summed E-state index contributed by atoms with van der Waals surface area (Å²) >= 11 is 0. The number of aryl methyl sites for hydroxylation is 1. The van der Waals surface area contributed by atoms with Gasteiger partial charge < -0.3 is 14.8 Å². The number of Topliss-reactive ketones (excluding diaryl/α,β-unsaturated/α-hetero) is 1. The van der Waals surface area contributed by atoms with Gasteiger partial charge >= 0.3 is 5.97 Å². The lowest BCUT2D eigenvalue weighted by atomic mass is 10.1. The molecule has 0 aliphatic rings. The van der Waals surface area contributed by atoms with Crippen LogP contribution in [0.15, 0.2) is 48.5 Å². The summed E-state index contributed by atoms with van der Waals surface area (Å²) in [6.07, 6.45) is 0. The number of ketones is 1. The number of amides is 1. The fourth-order valence-electron chi connectivity index (χ4n) is 2.12. The van der Waals surface area contributed by atoms with Crippen LogP contribution in [0.1, 0.15) is 22.8 Å². The predicted octanol–water partition coefficient (Wildman–Crippen LogP) is 2.76. The Kier molecular flexibility index (Phi) is 6.28. The van der Waals surface area contributed by atoms with Crippen LogP contribution in [0, 0.1) is 6.92 Å². The molecule has 0 saturated heterocycles. The topological polar surface area (TPSA) is 81.7 Å². The van der Waals surface area contributed by atoms with Gasteiger partial charge in [0, 0.05) is 5.56 Å². The van der Waals surface area contributed by atoms with Crippen LogP contribution in [0.4, 0.5) is 5.69 Å². The molecule has 2 aromatic rings. The Morgan fingerprint density at radius 3 is 2.48 bits per heavy atom. The van der Waals surface area contributed by atoms with Crippen LogP contribution in [0.5, 0.6) is 5.75 Å². The van der Waals surface area contributed by atoms with Crippen molar-refractivity contribution in [3.05, 3.63) is 59.7 Å².